The number of aliphatic hydroxyl groups excluding tert-OH is 1. The third-order valence-electron chi connectivity index (χ3n) is 2.81. The van der Waals surface area contributed by atoms with Crippen LogP contribution in [0.5, 0.6) is 0 Å². The number of rotatable bonds is 10. The third kappa shape index (κ3) is 8.06. The van der Waals surface area contributed by atoms with Crippen LogP contribution in [0.15, 0.2) is 0 Å². The third-order valence-corrected chi connectivity index (χ3v) is 2.81. The number of methoxy groups -OCH3 is 1. The molecule has 106 valence electrons. The first kappa shape index (κ1) is 16.9. The molecular weight excluding hydrogens is 234 g/mol. The molecule has 1 amide bonds. The number of hydrogen-bond acceptors (Lipinski definition) is 4. The van der Waals surface area contributed by atoms with Crippen LogP contribution in [0.2, 0.25) is 0 Å². The van der Waals surface area contributed by atoms with Gasteiger partial charge < -0.3 is 15.2 Å². The zero-order valence-corrected chi connectivity index (χ0v) is 11.4. The lowest BCUT2D eigenvalue weighted by Crippen LogP contribution is -2.42. The van der Waals surface area contributed by atoms with Gasteiger partial charge in [0.25, 0.3) is 0 Å². The topological polar surface area (TPSA) is 75.6 Å². The number of carbonyl (C=O) groups excluding carboxylic acids is 2. The van der Waals surface area contributed by atoms with Gasteiger partial charge in [-0.25, -0.2) is 4.79 Å². The van der Waals surface area contributed by atoms with Gasteiger partial charge in [-0.15, -0.1) is 0 Å². The average Bonchev–Trinajstić information content (AvgIpc) is 2.40. The predicted octanol–water partition coefficient (Wildman–Crippen LogP) is 1.39. The van der Waals surface area contributed by atoms with Crippen LogP contribution in [-0.2, 0) is 14.3 Å². The van der Waals surface area contributed by atoms with E-state index in [-0.39, 0.29) is 0 Å². The minimum Gasteiger partial charge on any atom is -0.467 e. The van der Waals surface area contributed by atoms with Gasteiger partial charge in [0.1, 0.15) is 12.6 Å². The van der Waals surface area contributed by atoms with Crippen LogP contribution < -0.4 is 5.32 Å². The van der Waals surface area contributed by atoms with E-state index in [2.05, 4.69) is 17.0 Å². The molecule has 0 spiro atoms. The van der Waals surface area contributed by atoms with Crippen molar-refractivity contribution in [3.05, 3.63) is 0 Å². The quantitative estimate of drug-likeness (QED) is 0.459. The van der Waals surface area contributed by atoms with Crippen molar-refractivity contribution in [2.45, 2.75) is 57.9 Å². The summed E-state index contributed by atoms with van der Waals surface area (Å²) in [7, 11) is 1.29. The highest BCUT2D eigenvalue weighted by molar-refractivity contribution is 5.84. The van der Waals surface area contributed by atoms with E-state index in [1.54, 1.807) is 0 Å². The van der Waals surface area contributed by atoms with Crippen molar-refractivity contribution in [1.29, 1.82) is 0 Å². The van der Waals surface area contributed by atoms with Gasteiger partial charge in [-0.2, -0.15) is 0 Å². The van der Waals surface area contributed by atoms with Crippen molar-refractivity contribution in [3.8, 4) is 0 Å². The summed E-state index contributed by atoms with van der Waals surface area (Å²) in [6.45, 7) is 1.56. The van der Waals surface area contributed by atoms with Crippen molar-refractivity contribution in [1.82, 2.24) is 5.32 Å². The minimum absolute atomic E-state index is 0.453. The Labute approximate surface area is 109 Å². The molecular formula is C13H25NO4. The first-order valence-electron chi connectivity index (χ1n) is 6.63. The molecule has 2 N–H and O–H groups in total. The molecule has 0 unspecified atom stereocenters. The highest BCUT2D eigenvalue weighted by Crippen LogP contribution is 2.09. The Balaban J connectivity index is 3.87. The molecule has 0 rings (SSSR count). The molecule has 0 aliphatic rings. The molecule has 0 saturated carbocycles. The summed E-state index contributed by atoms with van der Waals surface area (Å²) in [6, 6.07) is -0.638. The Bertz CT molecular complexity index is 243. The van der Waals surface area contributed by atoms with E-state index in [9.17, 15) is 9.59 Å². The maximum Gasteiger partial charge on any atom is 0.328 e. The fourth-order valence-electron chi connectivity index (χ4n) is 1.76. The van der Waals surface area contributed by atoms with E-state index in [0.29, 0.717) is 6.42 Å². The van der Waals surface area contributed by atoms with Crippen LogP contribution in [0.25, 0.3) is 0 Å². The van der Waals surface area contributed by atoms with Gasteiger partial charge >= 0.3 is 5.97 Å². The molecule has 0 aliphatic heterocycles. The maximum atomic E-state index is 11.4. The van der Waals surface area contributed by atoms with Gasteiger partial charge in [0.2, 0.25) is 5.91 Å². The van der Waals surface area contributed by atoms with Crippen LogP contribution >= 0.6 is 0 Å². The van der Waals surface area contributed by atoms with Crippen molar-refractivity contribution >= 4 is 11.9 Å². The van der Waals surface area contributed by atoms with Crippen molar-refractivity contribution in [3.63, 3.8) is 0 Å². The number of hydrogen-bond donors (Lipinski definition) is 2. The van der Waals surface area contributed by atoms with Crippen molar-refractivity contribution in [2.75, 3.05) is 13.7 Å². The molecule has 0 aromatic carbocycles. The fraction of sp³-hybridized carbons (Fsp3) is 0.846. The standard InChI is InChI=1S/C13H25NO4/c1-3-4-5-6-7-8-9-11(13(17)18-2)14-12(16)10-15/h11,15H,3-10H2,1-2H3,(H,14,16)/t11-/m0/s1. The van der Waals surface area contributed by atoms with Crippen molar-refractivity contribution in [2.24, 2.45) is 0 Å². The van der Waals surface area contributed by atoms with Crippen LogP contribution in [0, 0.1) is 0 Å². The summed E-state index contributed by atoms with van der Waals surface area (Å²) in [5, 5.41) is 11.1. The molecule has 0 radical (unpaired) electrons. The summed E-state index contributed by atoms with van der Waals surface area (Å²) >= 11 is 0. The van der Waals surface area contributed by atoms with Crippen LogP contribution in [0.1, 0.15) is 51.9 Å². The molecule has 0 aromatic rings. The normalized spacial score (nSPS) is 11.9. The van der Waals surface area contributed by atoms with E-state index in [1.165, 1.54) is 26.4 Å². The van der Waals surface area contributed by atoms with Crippen LogP contribution in [0.4, 0.5) is 0 Å². The van der Waals surface area contributed by atoms with E-state index < -0.39 is 24.5 Å². The van der Waals surface area contributed by atoms with Crippen molar-refractivity contribution < 1.29 is 19.4 Å². The molecule has 18 heavy (non-hydrogen) atoms. The zero-order valence-electron chi connectivity index (χ0n) is 11.4. The first-order valence-corrected chi connectivity index (χ1v) is 6.63. The summed E-state index contributed by atoms with van der Waals surface area (Å²) < 4.78 is 4.62. The Morgan fingerprint density at radius 2 is 1.78 bits per heavy atom. The second-order valence-corrected chi connectivity index (χ2v) is 4.36. The molecule has 0 aromatic heterocycles. The van der Waals surface area contributed by atoms with Gasteiger partial charge in [0.15, 0.2) is 0 Å². The van der Waals surface area contributed by atoms with Gasteiger partial charge in [-0.05, 0) is 6.42 Å². The number of aliphatic hydroxyl groups is 1. The lowest BCUT2D eigenvalue weighted by Gasteiger charge is -2.15. The van der Waals surface area contributed by atoms with Gasteiger partial charge in [0.05, 0.1) is 7.11 Å². The molecule has 1 atom stereocenters. The van der Waals surface area contributed by atoms with E-state index in [1.807, 2.05) is 0 Å². The highest BCUT2D eigenvalue weighted by Gasteiger charge is 2.20. The molecule has 0 saturated heterocycles. The van der Waals surface area contributed by atoms with Gasteiger partial charge in [-0.3, -0.25) is 4.79 Å². The van der Waals surface area contributed by atoms with Crippen LogP contribution in [0.3, 0.4) is 0 Å². The number of amides is 1. The molecule has 0 aliphatic carbocycles. The Hall–Kier alpha value is -1.10. The fourth-order valence-corrected chi connectivity index (χ4v) is 1.76. The smallest absolute Gasteiger partial charge is 0.328 e. The number of ether oxygens (including phenoxy) is 1. The monoisotopic (exact) mass is 259 g/mol. The molecule has 5 nitrogen and oxygen atoms in total. The second-order valence-electron chi connectivity index (χ2n) is 4.36. The number of nitrogens with one attached hydrogen (secondary N) is 1. The van der Waals surface area contributed by atoms with E-state index in [0.717, 1.165) is 19.3 Å². The molecule has 0 fully saturated rings. The maximum absolute atomic E-state index is 11.4. The Morgan fingerprint density at radius 3 is 2.33 bits per heavy atom. The predicted molar refractivity (Wildman–Crippen MR) is 69.0 cm³/mol. The lowest BCUT2D eigenvalue weighted by atomic mass is 10.1. The highest BCUT2D eigenvalue weighted by atomic mass is 16.5. The van der Waals surface area contributed by atoms with Gasteiger partial charge in [0, 0.05) is 0 Å². The summed E-state index contributed by atoms with van der Waals surface area (Å²) in [5.74, 6) is -0.998. The minimum atomic E-state index is -0.638. The zero-order chi connectivity index (χ0) is 13.8. The second kappa shape index (κ2) is 11.0. The molecule has 5 heteroatoms. The molecule has 0 heterocycles. The summed E-state index contributed by atoms with van der Waals surface area (Å²) in [5.41, 5.74) is 0. The van der Waals surface area contributed by atoms with Crippen LogP contribution in [-0.4, -0.2) is 36.7 Å². The van der Waals surface area contributed by atoms with E-state index >= 15 is 0 Å². The lowest BCUT2D eigenvalue weighted by molar-refractivity contribution is -0.145. The Morgan fingerprint density at radius 1 is 1.17 bits per heavy atom. The summed E-state index contributed by atoms with van der Waals surface area (Å²) in [6.07, 6.45) is 7.28. The Kier molecular flexibility index (Phi) is 10.3. The average molecular weight is 259 g/mol. The van der Waals surface area contributed by atoms with Gasteiger partial charge in [-0.1, -0.05) is 45.4 Å². The number of unbranched alkanes of at least 4 members (excludes halogenated alkanes) is 5. The largest absolute Gasteiger partial charge is 0.467 e. The number of carbonyl (C=O) groups is 2. The summed E-state index contributed by atoms with van der Waals surface area (Å²) in [4.78, 5) is 22.5. The van der Waals surface area contributed by atoms with E-state index in [4.69, 9.17) is 5.11 Å². The first-order chi connectivity index (χ1) is 8.65. The SMILES string of the molecule is CCCCCCCC[C@H](NC(=O)CO)C(=O)OC. The molecule has 0 bridgehead atoms. The number of esters is 1.